The molecule has 1 N–H and O–H groups in total. The van der Waals surface area contributed by atoms with Crippen molar-refractivity contribution in [3.05, 3.63) is 101 Å². The summed E-state index contributed by atoms with van der Waals surface area (Å²) in [5.41, 5.74) is 3.65. The van der Waals surface area contributed by atoms with Gasteiger partial charge in [0.15, 0.2) is 0 Å². The van der Waals surface area contributed by atoms with Crippen LogP contribution in [0.4, 0.5) is 0 Å². The van der Waals surface area contributed by atoms with Crippen molar-refractivity contribution in [3.8, 4) is 0 Å². The molecular formula is C21H17ClN2O. The minimum atomic E-state index is -0.795. The zero-order valence-corrected chi connectivity index (χ0v) is 14.3. The maximum Gasteiger partial charge on any atom is 0.143 e. The number of imidazole rings is 1. The summed E-state index contributed by atoms with van der Waals surface area (Å²) in [6, 6.07) is 25.2. The first-order chi connectivity index (χ1) is 12.2. The largest absolute Gasteiger partial charge is 0.380 e. The molecule has 0 unspecified atom stereocenters. The van der Waals surface area contributed by atoms with Gasteiger partial charge in [0.1, 0.15) is 11.9 Å². The van der Waals surface area contributed by atoms with Crippen LogP contribution < -0.4 is 0 Å². The molecule has 0 bridgehead atoms. The number of benzene rings is 3. The zero-order valence-electron chi connectivity index (χ0n) is 13.5. The lowest BCUT2D eigenvalue weighted by Crippen LogP contribution is -2.11. The first-order valence-electron chi connectivity index (χ1n) is 8.15. The van der Waals surface area contributed by atoms with Gasteiger partial charge in [-0.2, -0.15) is 0 Å². The third kappa shape index (κ3) is 3.04. The van der Waals surface area contributed by atoms with Gasteiger partial charge in [0, 0.05) is 5.02 Å². The standard InChI is InChI=1S/C21H17ClN2O/c22-17-11-5-4-10-16(17)14-24-19-13-7-6-12-18(19)23-21(24)20(25)15-8-2-1-3-9-15/h1-13,20,25H,14H2/t20-/m0/s1. The average molecular weight is 349 g/mol. The van der Waals surface area contributed by atoms with E-state index < -0.39 is 6.10 Å². The molecule has 4 heteroatoms. The lowest BCUT2D eigenvalue weighted by Gasteiger charge is -2.15. The molecule has 0 saturated carbocycles. The number of aliphatic hydroxyl groups excluding tert-OH is 1. The van der Waals surface area contributed by atoms with E-state index in [1.54, 1.807) is 0 Å². The lowest BCUT2D eigenvalue weighted by atomic mass is 10.1. The van der Waals surface area contributed by atoms with E-state index in [1.807, 2.05) is 83.4 Å². The summed E-state index contributed by atoms with van der Waals surface area (Å²) in [5.74, 6) is 0.618. The SMILES string of the molecule is O[C@@H](c1ccccc1)c1nc2ccccc2n1Cc1ccccc1Cl. The number of hydrogen-bond acceptors (Lipinski definition) is 2. The van der Waals surface area contributed by atoms with Gasteiger partial charge in [0.05, 0.1) is 17.6 Å². The summed E-state index contributed by atoms with van der Waals surface area (Å²) in [6.45, 7) is 0.555. The molecule has 3 nitrogen and oxygen atoms in total. The number of aliphatic hydroxyl groups is 1. The van der Waals surface area contributed by atoms with Crippen LogP contribution in [0.5, 0.6) is 0 Å². The number of aromatic nitrogens is 2. The van der Waals surface area contributed by atoms with Gasteiger partial charge >= 0.3 is 0 Å². The van der Waals surface area contributed by atoms with E-state index in [9.17, 15) is 5.11 Å². The molecule has 4 rings (SSSR count). The molecule has 0 aliphatic heterocycles. The molecule has 0 fully saturated rings. The molecule has 0 spiro atoms. The molecule has 3 aromatic carbocycles. The Morgan fingerprint density at radius 1 is 0.880 bits per heavy atom. The normalized spacial score (nSPS) is 12.4. The Hall–Kier alpha value is -2.62. The van der Waals surface area contributed by atoms with E-state index in [2.05, 4.69) is 4.98 Å². The monoisotopic (exact) mass is 348 g/mol. The Bertz CT molecular complexity index is 1010. The van der Waals surface area contributed by atoms with Gasteiger partial charge in [-0.25, -0.2) is 4.98 Å². The molecule has 0 saturated heterocycles. The number of hydrogen-bond donors (Lipinski definition) is 1. The van der Waals surface area contributed by atoms with Crippen LogP contribution in [0.3, 0.4) is 0 Å². The maximum atomic E-state index is 10.9. The van der Waals surface area contributed by atoms with Crippen LogP contribution in [0.25, 0.3) is 11.0 Å². The fourth-order valence-electron chi connectivity index (χ4n) is 3.05. The molecule has 0 radical (unpaired) electrons. The van der Waals surface area contributed by atoms with Gasteiger partial charge in [-0.3, -0.25) is 0 Å². The van der Waals surface area contributed by atoms with Crippen molar-refractivity contribution < 1.29 is 5.11 Å². The number of rotatable bonds is 4. The molecule has 1 atom stereocenters. The van der Waals surface area contributed by atoms with Crippen LogP contribution in [0, 0.1) is 0 Å². The molecule has 124 valence electrons. The Morgan fingerprint density at radius 3 is 2.36 bits per heavy atom. The van der Waals surface area contributed by atoms with Crippen LogP contribution in [0.15, 0.2) is 78.9 Å². The number of para-hydroxylation sites is 2. The van der Waals surface area contributed by atoms with Crippen LogP contribution in [-0.4, -0.2) is 14.7 Å². The first-order valence-corrected chi connectivity index (χ1v) is 8.53. The molecule has 0 aliphatic rings. The van der Waals surface area contributed by atoms with Crippen molar-refractivity contribution >= 4 is 22.6 Å². The van der Waals surface area contributed by atoms with Gasteiger partial charge in [-0.05, 0) is 29.3 Å². The fraction of sp³-hybridized carbons (Fsp3) is 0.0952. The second kappa shape index (κ2) is 6.71. The van der Waals surface area contributed by atoms with Crippen LogP contribution in [0.2, 0.25) is 5.02 Å². The van der Waals surface area contributed by atoms with E-state index >= 15 is 0 Å². The molecule has 4 aromatic rings. The predicted octanol–water partition coefficient (Wildman–Crippen LogP) is 4.82. The van der Waals surface area contributed by atoms with Crippen molar-refractivity contribution in [3.63, 3.8) is 0 Å². The van der Waals surface area contributed by atoms with E-state index in [-0.39, 0.29) is 0 Å². The highest BCUT2D eigenvalue weighted by Crippen LogP contribution is 2.27. The van der Waals surface area contributed by atoms with Gasteiger partial charge in [-0.15, -0.1) is 0 Å². The Morgan fingerprint density at radius 2 is 1.56 bits per heavy atom. The number of halogens is 1. The summed E-state index contributed by atoms with van der Waals surface area (Å²) in [7, 11) is 0. The van der Waals surface area contributed by atoms with Crippen molar-refractivity contribution in [2.45, 2.75) is 12.6 Å². The summed E-state index contributed by atoms with van der Waals surface area (Å²) in [6.07, 6.45) is -0.795. The fourth-order valence-corrected chi connectivity index (χ4v) is 3.25. The van der Waals surface area contributed by atoms with Crippen molar-refractivity contribution in [2.75, 3.05) is 0 Å². The maximum absolute atomic E-state index is 10.9. The Kier molecular flexibility index (Phi) is 4.26. The second-order valence-corrected chi connectivity index (χ2v) is 6.36. The van der Waals surface area contributed by atoms with Crippen LogP contribution in [-0.2, 0) is 6.54 Å². The molecule has 25 heavy (non-hydrogen) atoms. The Labute approximate surface area is 151 Å². The van der Waals surface area contributed by atoms with E-state index in [0.717, 1.165) is 22.2 Å². The number of fused-ring (bicyclic) bond motifs is 1. The zero-order chi connectivity index (χ0) is 17.2. The van der Waals surface area contributed by atoms with Crippen LogP contribution in [0.1, 0.15) is 23.1 Å². The summed E-state index contributed by atoms with van der Waals surface area (Å²) < 4.78 is 2.04. The highest BCUT2D eigenvalue weighted by atomic mass is 35.5. The van der Waals surface area contributed by atoms with Crippen molar-refractivity contribution in [2.24, 2.45) is 0 Å². The highest BCUT2D eigenvalue weighted by molar-refractivity contribution is 6.31. The van der Waals surface area contributed by atoms with Gasteiger partial charge in [0.25, 0.3) is 0 Å². The van der Waals surface area contributed by atoms with E-state index in [4.69, 9.17) is 11.6 Å². The van der Waals surface area contributed by atoms with Crippen molar-refractivity contribution in [1.29, 1.82) is 0 Å². The van der Waals surface area contributed by atoms with Gasteiger partial charge in [-0.1, -0.05) is 72.3 Å². The highest BCUT2D eigenvalue weighted by Gasteiger charge is 2.20. The van der Waals surface area contributed by atoms with Gasteiger partial charge < -0.3 is 9.67 Å². The van der Waals surface area contributed by atoms with Crippen LogP contribution >= 0.6 is 11.6 Å². The molecular weight excluding hydrogens is 332 g/mol. The minimum Gasteiger partial charge on any atom is -0.380 e. The molecule has 0 amide bonds. The summed E-state index contributed by atoms with van der Waals surface area (Å²) >= 11 is 6.35. The predicted molar refractivity (Wildman–Crippen MR) is 101 cm³/mol. The topological polar surface area (TPSA) is 38.1 Å². The molecule has 1 heterocycles. The van der Waals surface area contributed by atoms with E-state index in [0.29, 0.717) is 17.4 Å². The molecule has 1 aromatic heterocycles. The summed E-state index contributed by atoms with van der Waals surface area (Å²) in [4.78, 5) is 4.68. The average Bonchev–Trinajstić information content (AvgIpc) is 3.02. The third-order valence-corrected chi connectivity index (χ3v) is 4.70. The smallest absolute Gasteiger partial charge is 0.143 e. The van der Waals surface area contributed by atoms with Gasteiger partial charge in [0.2, 0.25) is 0 Å². The minimum absolute atomic E-state index is 0.555. The van der Waals surface area contributed by atoms with E-state index in [1.165, 1.54) is 0 Å². The molecule has 0 aliphatic carbocycles. The first kappa shape index (κ1) is 15.9. The third-order valence-electron chi connectivity index (χ3n) is 4.33. The second-order valence-electron chi connectivity index (χ2n) is 5.95. The Balaban J connectivity index is 1.85. The summed E-state index contributed by atoms with van der Waals surface area (Å²) in [5, 5.41) is 11.6. The van der Waals surface area contributed by atoms with Crippen molar-refractivity contribution in [1.82, 2.24) is 9.55 Å². The quantitative estimate of drug-likeness (QED) is 0.574. The lowest BCUT2D eigenvalue weighted by molar-refractivity contribution is 0.206. The number of nitrogens with zero attached hydrogens (tertiary/aromatic N) is 2.